The van der Waals surface area contributed by atoms with Gasteiger partial charge in [-0.25, -0.2) is 0 Å². The van der Waals surface area contributed by atoms with Gasteiger partial charge in [-0.1, -0.05) is 30.3 Å². The Kier molecular flexibility index (Phi) is 4.86. The maximum atomic E-state index is 12.5. The van der Waals surface area contributed by atoms with Crippen molar-refractivity contribution < 1.29 is 19.4 Å². The van der Waals surface area contributed by atoms with Gasteiger partial charge < -0.3 is 9.84 Å². The Morgan fingerprint density at radius 1 is 1.39 bits per heavy atom. The van der Waals surface area contributed by atoms with Crippen LogP contribution in [0.5, 0.6) is 0 Å². The van der Waals surface area contributed by atoms with Crippen LogP contribution >= 0.6 is 23.5 Å². The average molecular weight is 354 g/mol. The second kappa shape index (κ2) is 6.72. The molecule has 3 atom stereocenters. The van der Waals surface area contributed by atoms with Crippen LogP contribution in [-0.4, -0.2) is 44.7 Å². The van der Waals surface area contributed by atoms with Crippen molar-refractivity contribution in [3.63, 3.8) is 0 Å². The van der Waals surface area contributed by atoms with E-state index in [9.17, 15) is 9.59 Å². The van der Waals surface area contributed by atoms with E-state index in [1.165, 1.54) is 11.8 Å². The predicted molar refractivity (Wildman–Crippen MR) is 90.1 cm³/mol. The first-order chi connectivity index (χ1) is 11.0. The molecule has 2 aliphatic rings. The summed E-state index contributed by atoms with van der Waals surface area (Å²) in [6.45, 7) is 0. The molecular weight excluding hydrogens is 336 g/mol. The third-order valence-corrected chi connectivity index (χ3v) is 7.30. The van der Waals surface area contributed by atoms with E-state index in [-0.39, 0.29) is 16.5 Å². The average Bonchev–Trinajstić information content (AvgIpc) is 2.87. The lowest BCUT2D eigenvalue weighted by molar-refractivity contribution is -0.152. The lowest BCUT2D eigenvalue weighted by atomic mass is 10.0. The molecule has 2 saturated heterocycles. The number of nitrogens with two attached hydrogens (primary N) is 1. The zero-order valence-corrected chi connectivity index (χ0v) is 13.9. The molecular formula is C15H18N2O4S2. The first kappa shape index (κ1) is 16.6. The van der Waals surface area contributed by atoms with Crippen LogP contribution in [0.3, 0.4) is 0 Å². The second-order valence-corrected chi connectivity index (χ2v) is 8.23. The van der Waals surface area contributed by atoms with Crippen LogP contribution in [0.25, 0.3) is 0 Å². The number of thioether (sulfide) groups is 2. The number of rotatable bonds is 5. The van der Waals surface area contributed by atoms with Gasteiger partial charge in [-0.05, 0) is 0 Å². The summed E-state index contributed by atoms with van der Waals surface area (Å²) in [5, 5.41) is 11.8. The Morgan fingerprint density at radius 2 is 2.09 bits per heavy atom. The van der Waals surface area contributed by atoms with Crippen molar-refractivity contribution in [2.45, 2.75) is 28.8 Å². The SMILES string of the molecule is NC(OC(=O)C1NC(CC(=O)O)SC12CSC2)c1ccccc1. The highest BCUT2D eigenvalue weighted by Gasteiger charge is 2.56. The van der Waals surface area contributed by atoms with Gasteiger partial charge >= 0.3 is 11.9 Å². The number of nitrogens with one attached hydrogen (secondary N) is 1. The van der Waals surface area contributed by atoms with Crippen LogP contribution < -0.4 is 11.1 Å². The van der Waals surface area contributed by atoms with Gasteiger partial charge in [0.05, 0.1) is 16.5 Å². The van der Waals surface area contributed by atoms with Crippen molar-refractivity contribution >= 4 is 35.5 Å². The minimum absolute atomic E-state index is 0.0222. The summed E-state index contributed by atoms with van der Waals surface area (Å²) >= 11 is 3.28. The van der Waals surface area contributed by atoms with Crippen LogP contribution in [-0.2, 0) is 14.3 Å². The highest BCUT2D eigenvalue weighted by molar-refractivity contribution is 8.08. The standard InChI is InChI=1S/C15H18N2O4S2/c16-13(9-4-2-1-3-5-9)21-14(20)12-15(7-22-8-15)23-10(17-12)6-11(18)19/h1-5,10,12-13,17H,6-8,16H2,(H,18,19). The van der Waals surface area contributed by atoms with Crippen LogP contribution in [0.1, 0.15) is 18.2 Å². The number of carbonyl (C=O) groups is 2. The van der Waals surface area contributed by atoms with Gasteiger partial charge in [-0.15, -0.1) is 11.8 Å². The number of esters is 1. The highest BCUT2D eigenvalue weighted by atomic mass is 32.2. The van der Waals surface area contributed by atoms with E-state index in [2.05, 4.69) is 5.32 Å². The van der Waals surface area contributed by atoms with Gasteiger partial charge in [0.25, 0.3) is 0 Å². The predicted octanol–water partition coefficient (Wildman–Crippen LogP) is 1.18. The Bertz CT molecular complexity index is 594. The Morgan fingerprint density at radius 3 is 2.65 bits per heavy atom. The molecule has 2 fully saturated rings. The van der Waals surface area contributed by atoms with E-state index < -0.39 is 24.2 Å². The number of ether oxygens (including phenoxy) is 1. The lowest BCUT2D eigenvalue weighted by Crippen LogP contribution is -2.56. The summed E-state index contributed by atoms with van der Waals surface area (Å²) < 4.78 is 5.13. The summed E-state index contributed by atoms with van der Waals surface area (Å²) in [5.41, 5.74) is 6.68. The van der Waals surface area contributed by atoms with Gasteiger partial charge in [-0.2, -0.15) is 11.8 Å². The van der Waals surface area contributed by atoms with Crippen LogP contribution in [0.15, 0.2) is 30.3 Å². The molecule has 2 heterocycles. The topological polar surface area (TPSA) is 102 Å². The number of carboxylic acid groups (broad SMARTS) is 1. The lowest BCUT2D eigenvalue weighted by Gasteiger charge is -2.40. The van der Waals surface area contributed by atoms with E-state index in [1.54, 1.807) is 23.9 Å². The highest BCUT2D eigenvalue weighted by Crippen LogP contribution is 2.50. The summed E-state index contributed by atoms with van der Waals surface area (Å²) in [6, 6.07) is 8.62. The molecule has 8 heteroatoms. The Labute approximate surface area is 142 Å². The number of benzene rings is 1. The Hall–Kier alpha value is -1.22. The summed E-state index contributed by atoms with van der Waals surface area (Å²) in [4.78, 5) is 23.5. The maximum absolute atomic E-state index is 12.5. The van der Waals surface area contributed by atoms with E-state index in [1.807, 2.05) is 18.2 Å². The fourth-order valence-electron chi connectivity index (χ4n) is 2.71. The summed E-state index contributed by atoms with van der Waals surface area (Å²) in [7, 11) is 0. The normalized spacial score (nSPS) is 26.5. The largest absolute Gasteiger partial charge is 0.481 e. The Balaban J connectivity index is 1.67. The molecule has 1 aromatic carbocycles. The molecule has 1 aromatic rings. The molecule has 3 unspecified atom stereocenters. The minimum atomic E-state index is -0.882. The molecule has 124 valence electrons. The van der Waals surface area contributed by atoms with Gasteiger partial charge in [-0.3, -0.25) is 20.6 Å². The van der Waals surface area contributed by atoms with Crippen molar-refractivity contribution in [3.05, 3.63) is 35.9 Å². The number of aliphatic carboxylic acids is 1. The van der Waals surface area contributed by atoms with Crippen LogP contribution in [0, 0.1) is 0 Å². The van der Waals surface area contributed by atoms with Crippen molar-refractivity contribution in [1.29, 1.82) is 0 Å². The quantitative estimate of drug-likeness (QED) is 0.535. The molecule has 0 aliphatic carbocycles. The third-order valence-electron chi connectivity index (χ3n) is 3.92. The molecule has 0 aromatic heterocycles. The van der Waals surface area contributed by atoms with Crippen molar-refractivity contribution in [1.82, 2.24) is 5.32 Å². The van der Waals surface area contributed by atoms with Crippen LogP contribution in [0.4, 0.5) is 0 Å². The van der Waals surface area contributed by atoms with Crippen molar-refractivity contribution in [2.24, 2.45) is 5.73 Å². The zero-order valence-electron chi connectivity index (χ0n) is 12.3. The molecule has 23 heavy (non-hydrogen) atoms. The molecule has 2 aliphatic heterocycles. The number of carbonyl (C=O) groups excluding carboxylic acids is 1. The van der Waals surface area contributed by atoms with Gasteiger partial charge in [0.15, 0.2) is 6.23 Å². The molecule has 0 amide bonds. The zero-order chi connectivity index (χ0) is 16.4. The van der Waals surface area contributed by atoms with Crippen molar-refractivity contribution in [3.8, 4) is 0 Å². The van der Waals surface area contributed by atoms with Gasteiger partial charge in [0, 0.05) is 17.1 Å². The van der Waals surface area contributed by atoms with Gasteiger partial charge in [0.2, 0.25) is 0 Å². The summed E-state index contributed by atoms with van der Waals surface area (Å²) in [5.74, 6) is 0.316. The second-order valence-electron chi connectivity index (χ2n) is 5.63. The number of hydrogen-bond acceptors (Lipinski definition) is 7. The molecule has 1 spiro atoms. The van der Waals surface area contributed by atoms with E-state index in [0.29, 0.717) is 0 Å². The minimum Gasteiger partial charge on any atom is -0.481 e. The molecule has 6 nitrogen and oxygen atoms in total. The molecule has 4 N–H and O–H groups in total. The molecule has 3 rings (SSSR count). The smallest absolute Gasteiger partial charge is 0.326 e. The number of hydrogen-bond donors (Lipinski definition) is 3. The maximum Gasteiger partial charge on any atom is 0.326 e. The fraction of sp³-hybridized carbons (Fsp3) is 0.467. The van der Waals surface area contributed by atoms with E-state index in [4.69, 9.17) is 15.6 Å². The molecule has 0 radical (unpaired) electrons. The van der Waals surface area contributed by atoms with Crippen LogP contribution in [0.2, 0.25) is 0 Å². The fourth-order valence-corrected chi connectivity index (χ4v) is 5.99. The number of carboxylic acids is 1. The first-order valence-electron chi connectivity index (χ1n) is 7.25. The first-order valence-corrected chi connectivity index (χ1v) is 9.28. The van der Waals surface area contributed by atoms with E-state index in [0.717, 1.165) is 17.1 Å². The summed E-state index contributed by atoms with van der Waals surface area (Å²) in [6.07, 6.45) is -0.843. The molecule has 0 saturated carbocycles. The van der Waals surface area contributed by atoms with Crippen molar-refractivity contribution in [2.75, 3.05) is 11.5 Å². The molecule has 0 bridgehead atoms. The van der Waals surface area contributed by atoms with Gasteiger partial charge in [0.1, 0.15) is 6.04 Å². The monoisotopic (exact) mass is 354 g/mol. The third kappa shape index (κ3) is 3.50. The van der Waals surface area contributed by atoms with E-state index >= 15 is 0 Å².